The number of urea groups is 1. The van der Waals surface area contributed by atoms with Crippen molar-refractivity contribution >= 4 is 17.8 Å². The van der Waals surface area contributed by atoms with Gasteiger partial charge in [0.05, 0.1) is 5.56 Å². The summed E-state index contributed by atoms with van der Waals surface area (Å²) < 4.78 is 0. The Morgan fingerprint density at radius 3 is 2.39 bits per heavy atom. The van der Waals surface area contributed by atoms with E-state index in [-0.39, 0.29) is 23.1 Å². The van der Waals surface area contributed by atoms with Gasteiger partial charge in [0.1, 0.15) is 11.3 Å². The number of hydrogen-bond acceptors (Lipinski definition) is 4. The van der Waals surface area contributed by atoms with E-state index in [4.69, 9.17) is 0 Å². The normalized spacial score (nSPS) is 18.1. The number of benzene rings is 2. The second-order valence-electron chi connectivity index (χ2n) is 7.30. The molecule has 0 radical (unpaired) electrons. The number of piperidine rings is 1. The highest BCUT2D eigenvalue weighted by molar-refractivity contribution is 6.07. The third kappa shape index (κ3) is 3.31. The first-order valence-electron chi connectivity index (χ1n) is 9.25. The summed E-state index contributed by atoms with van der Waals surface area (Å²) in [7, 11) is 0. The fraction of sp³-hybridized carbons (Fsp3) is 0.286. The number of carbonyl (C=O) groups is 3. The zero-order valence-electron chi connectivity index (χ0n) is 15.3. The molecule has 2 aliphatic heterocycles. The minimum absolute atomic E-state index is 0.0611. The van der Waals surface area contributed by atoms with Crippen molar-refractivity contribution in [1.29, 1.82) is 0 Å². The Labute approximate surface area is 162 Å². The van der Waals surface area contributed by atoms with Crippen LogP contribution in [0.3, 0.4) is 0 Å². The second-order valence-corrected chi connectivity index (χ2v) is 7.30. The van der Waals surface area contributed by atoms with E-state index in [0.717, 1.165) is 11.1 Å². The zero-order valence-corrected chi connectivity index (χ0v) is 15.3. The van der Waals surface area contributed by atoms with Crippen LogP contribution in [0.25, 0.3) is 0 Å². The van der Waals surface area contributed by atoms with Gasteiger partial charge in [-0.25, -0.2) is 4.79 Å². The Bertz CT molecular complexity index is 934. The Morgan fingerprint density at radius 1 is 1.04 bits per heavy atom. The Hall–Kier alpha value is -3.35. The number of imide groups is 1. The van der Waals surface area contributed by atoms with E-state index in [1.807, 2.05) is 36.4 Å². The van der Waals surface area contributed by atoms with Crippen molar-refractivity contribution in [3.8, 4) is 5.75 Å². The van der Waals surface area contributed by atoms with Gasteiger partial charge in [-0.3, -0.25) is 14.9 Å². The summed E-state index contributed by atoms with van der Waals surface area (Å²) in [5.74, 6) is -0.668. The van der Waals surface area contributed by atoms with Crippen molar-refractivity contribution < 1.29 is 19.5 Å². The van der Waals surface area contributed by atoms with Gasteiger partial charge < -0.3 is 15.3 Å². The lowest BCUT2D eigenvalue weighted by atomic mass is 9.87. The summed E-state index contributed by atoms with van der Waals surface area (Å²) in [6.07, 6.45) is 1.36. The van der Waals surface area contributed by atoms with E-state index < -0.39 is 11.6 Å². The fourth-order valence-electron chi connectivity index (χ4n) is 3.84. The molecule has 0 unspecified atom stereocenters. The molecule has 4 rings (SSSR count). The first-order chi connectivity index (χ1) is 13.5. The Kier molecular flexibility index (Phi) is 4.50. The van der Waals surface area contributed by atoms with Crippen LogP contribution in [0.15, 0.2) is 48.5 Å². The third-order valence-electron chi connectivity index (χ3n) is 5.46. The van der Waals surface area contributed by atoms with Gasteiger partial charge in [0.15, 0.2) is 0 Å². The molecule has 2 aromatic carbocycles. The van der Waals surface area contributed by atoms with Crippen LogP contribution in [0, 0.1) is 0 Å². The molecule has 0 bridgehead atoms. The van der Waals surface area contributed by atoms with Gasteiger partial charge in [0.25, 0.3) is 11.8 Å². The van der Waals surface area contributed by atoms with E-state index in [2.05, 4.69) is 10.6 Å². The minimum atomic E-state index is -0.926. The monoisotopic (exact) mass is 379 g/mol. The summed E-state index contributed by atoms with van der Waals surface area (Å²) in [4.78, 5) is 38.0. The van der Waals surface area contributed by atoms with Crippen molar-refractivity contribution in [3.05, 3.63) is 65.2 Å². The first-order valence-corrected chi connectivity index (χ1v) is 9.25. The smallest absolute Gasteiger partial charge is 0.322 e. The van der Waals surface area contributed by atoms with E-state index in [1.165, 1.54) is 0 Å². The maximum absolute atomic E-state index is 13.0. The first kappa shape index (κ1) is 18.0. The Morgan fingerprint density at radius 2 is 1.75 bits per heavy atom. The molecular formula is C21H21N3O4. The van der Waals surface area contributed by atoms with Crippen LogP contribution in [0.1, 0.15) is 34.3 Å². The van der Waals surface area contributed by atoms with Crippen molar-refractivity contribution in [1.82, 2.24) is 15.5 Å². The summed E-state index contributed by atoms with van der Waals surface area (Å²) in [6.45, 7) is 0.657. The quantitative estimate of drug-likeness (QED) is 0.708. The highest BCUT2D eigenvalue weighted by Gasteiger charge is 2.48. The molecule has 144 valence electrons. The summed E-state index contributed by atoms with van der Waals surface area (Å²) >= 11 is 0. The molecule has 3 N–H and O–H groups in total. The number of hydrogen-bond donors (Lipinski definition) is 3. The van der Waals surface area contributed by atoms with Crippen molar-refractivity contribution in [2.24, 2.45) is 0 Å². The highest BCUT2D eigenvalue weighted by atomic mass is 16.3. The van der Waals surface area contributed by atoms with E-state index in [1.54, 1.807) is 17.0 Å². The molecule has 28 heavy (non-hydrogen) atoms. The molecule has 1 spiro atoms. The second kappa shape index (κ2) is 6.99. The number of carbonyl (C=O) groups excluding carboxylic acids is 3. The lowest BCUT2D eigenvalue weighted by molar-refractivity contribution is -0.125. The van der Waals surface area contributed by atoms with Gasteiger partial charge in [0, 0.05) is 13.1 Å². The number of nitrogens with zero attached hydrogens (tertiary/aromatic N) is 1. The largest absolute Gasteiger partial charge is 0.507 e. The van der Waals surface area contributed by atoms with Gasteiger partial charge in [-0.05, 0) is 42.5 Å². The number of rotatable bonds is 3. The molecule has 7 heteroatoms. The number of phenolic OH excluding ortho intramolecular Hbond substituents is 1. The molecule has 4 amide bonds. The summed E-state index contributed by atoms with van der Waals surface area (Å²) in [5, 5.41) is 15.2. The predicted octanol–water partition coefficient (Wildman–Crippen LogP) is 1.80. The van der Waals surface area contributed by atoms with Gasteiger partial charge in [-0.15, -0.1) is 0 Å². The van der Waals surface area contributed by atoms with Crippen LogP contribution in [0.4, 0.5) is 4.79 Å². The third-order valence-corrected chi connectivity index (χ3v) is 5.46. The molecule has 0 aromatic heterocycles. The van der Waals surface area contributed by atoms with E-state index >= 15 is 0 Å². The standard InChI is InChI=1S/C21H21N3O4/c25-17-7-6-15(12-14-4-2-1-3-5-14)13-16(17)18(26)24-10-8-21(9-11-24)19(27)22-20(28)23-21/h1-7,13,25H,8-12H2,(H2,22,23,27,28). The molecule has 2 aromatic rings. The van der Waals surface area contributed by atoms with E-state index in [0.29, 0.717) is 32.4 Å². The molecule has 7 nitrogen and oxygen atoms in total. The van der Waals surface area contributed by atoms with Crippen LogP contribution in [-0.2, 0) is 11.2 Å². The molecule has 0 atom stereocenters. The Balaban J connectivity index is 1.48. The molecule has 2 saturated heterocycles. The molecule has 0 saturated carbocycles. The fourth-order valence-corrected chi connectivity index (χ4v) is 3.84. The summed E-state index contributed by atoms with van der Waals surface area (Å²) in [6, 6.07) is 14.5. The maximum Gasteiger partial charge on any atom is 0.322 e. The molecule has 2 heterocycles. The van der Waals surface area contributed by atoms with Gasteiger partial charge >= 0.3 is 6.03 Å². The van der Waals surface area contributed by atoms with Crippen molar-refractivity contribution in [2.75, 3.05) is 13.1 Å². The molecule has 0 aliphatic carbocycles. The van der Waals surface area contributed by atoms with Gasteiger partial charge in [0.2, 0.25) is 0 Å². The van der Waals surface area contributed by atoms with Crippen LogP contribution in [0.5, 0.6) is 5.75 Å². The van der Waals surface area contributed by atoms with Crippen molar-refractivity contribution in [3.63, 3.8) is 0 Å². The number of likely N-dealkylation sites (tertiary alicyclic amines) is 1. The molecular weight excluding hydrogens is 358 g/mol. The minimum Gasteiger partial charge on any atom is -0.507 e. The van der Waals surface area contributed by atoms with Crippen LogP contribution in [-0.4, -0.2) is 46.5 Å². The zero-order chi connectivity index (χ0) is 19.7. The number of nitrogens with one attached hydrogen (secondary N) is 2. The topological polar surface area (TPSA) is 98.7 Å². The van der Waals surface area contributed by atoms with Gasteiger partial charge in [-0.2, -0.15) is 0 Å². The SMILES string of the molecule is O=C1NC(=O)C2(CCN(C(=O)c3cc(Cc4ccccc4)ccc3O)CC2)N1. The van der Waals surface area contributed by atoms with Crippen LogP contribution >= 0.6 is 0 Å². The molecule has 2 aliphatic rings. The number of aromatic hydroxyl groups is 1. The van der Waals surface area contributed by atoms with Crippen LogP contribution in [0.2, 0.25) is 0 Å². The number of phenols is 1. The average molecular weight is 379 g/mol. The lowest BCUT2D eigenvalue weighted by Crippen LogP contribution is -2.55. The van der Waals surface area contributed by atoms with Crippen LogP contribution < -0.4 is 10.6 Å². The maximum atomic E-state index is 13.0. The summed E-state index contributed by atoms with van der Waals surface area (Å²) in [5.41, 5.74) is 1.38. The average Bonchev–Trinajstić information content (AvgIpc) is 2.97. The predicted molar refractivity (Wildman–Crippen MR) is 102 cm³/mol. The molecule has 2 fully saturated rings. The van der Waals surface area contributed by atoms with Crippen molar-refractivity contribution in [2.45, 2.75) is 24.8 Å². The number of amides is 4. The van der Waals surface area contributed by atoms with E-state index in [9.17, 15) is 19.5 Å². The lowest BCUT2D eigenvalue weighted by Gasteiger charge is -2.37. The van der Waals surface area contributed by atoms with Gasteiger partial charge in [-0.1, -0.05) is 36.4 Å². The highest BCUT2D eigenvalue weighted by Crippen LogP contribution is 2.28.